The van der Waals surface area contributed by atoms with Crippen LogP contribution < -0.4 is 26.3 Å². The van der Waals surface area contributed by atoms with Crippen molar-refractivity contribution in [3.63, 3.8) is 0 Å². The van der Waals surface area contributed by atoms with Gasteiger partial charge in [0.2, 0.25) is 5.78 Å². The standard InChI is InChI=1S/C19H16N3O4.BrH/c1-26-19-9-5-3-6-14(19)16-10-11-21(13-20-16)12-18(23)15-7-2-4-8-17(15)22(24)25;/h2-11,13H,12H2,1H3;1H/q+1;/p-1. The van der Waals surface area contributed by atoms with E-state index in [9.17, 15) is 14.9 Å². The normalized spacial score (nSPS) is 9.96. The molecule has 27 heavy (non-hydrogen) atoms. The summed E-state index contributed by atoms with van der Waals surface area (Å²) >= 11 is 0. The molecule has 8 heteroatoms. The number of hydrogen-bond donors (Lipinski definition) is 0. The molecule has 0 bridgehead atoms. The van der Waals surface area contributed by atoms with E-state index in [-0.39, 0.29) is 40.6 Å². The Morgan fingerprint density at radius 1 is 1.15 bits per heavy atom. The van der Waals surface area contributed by atoms with Crippen LogP contribution in [-0.2, 0) is 6.54 Å². The summed E-state index contributed by atoms with van der Waals surface area (Å²) in [6.07, 6.45) is 3.23. The van der Waals surface area contributed by atoms with Crippen molar-refractivity contribution in [1.29, 1.82) is 0 Å². The van der Waals surface area contributed by atoms with Gasteiger partial charge in [0.25, 0.3) is 12.0 Å². The lowest BCUT2D eigenvalue weighted by atomic mass is 10.1. The van der Waals surface area contributed by atoms with Crippen LogP contribution in [0.15, 0.2) is 67.1 Å². The van der Waals surface area contributed by atoms with Gasteiger partial charge >= 0.3 is 0 Å². The van der Waals surface area contributed by atoms with Crippen LogP contribution in [0.4, 0.5) is 5.69 Å². The maximum atomic E-state index is 12.4. The maximum absolute atomic E-state index is 12.4. The van der Waals surface area contributed by atoms with E-state index in [0.717, 1.165) is 5.56 Å². The second-order valence-electron chi connectivity index (χ2n) is 5.52. The first-order chi connectivity index (χ1) is 12.6. The lowest BCUT2D eigenvalue weighted by molar-refractivity contribution is -0.686. The summed E-state index contributed by atoms with van der Waals surface area (Å²) in [6.45, 7) is -0.0376. The highest BCUT2D eigenvalue weighted by Gasteiger charge is 2.21. The Hall–Kier alpha value is -3.13. The van der Waals surface area contributed by atoms with Gasteiger partial charge in [0.1, 0.15) is 5.75 Å². The number of methoxy groups -OCH3 is 1. The molecule has 1 heterocycles. The van der Waals surface area contributed by atoms with Crippen LogP contribution in [0, 0.1) is 10.1 Å². The molecular formula is C19H16BrN3O4. The van der Waals surface area contributed by atoms with E-state index < -0.39 is 4.92 Å². The van der Waals surface area contributed by atoms with Gasteiger partial charge in [-0.3, -0.25) is 14.9 Å². The summed E-state index contributed by atoms with van der Waals surface area (Å²) in [5.74, 6) is 0.350. The summed E-state index contributed by atoms with van der Waals surface area (Å²) in [5, 5.41) is 11.1. The lowest BCUT2D eigenvalue weighted by Gasteiger charge is -2.05. The average Bonchev–Trinajstić information content (AvgIpc) is 2.68. The first-order valence-corrected chi connectivity index (χ1v) is 7.85. The van der Waals surface area contributed by atoms with Crippen LogP contribution in [0.5, 0.6) is 5.75 Å². The van der Waals surface area contributed by atoms with Crippen molar-refractivity contribution in [3.8, 4) is 17.0 Å². The smallest absolute Gasteiger partial charge is 0.287 e. The highest BCUT2D eigenvalue weighted by Crippen LogP contribution is 2.27. The van der Waals surface area contributed by atoms with E-state index in [0.29, 0.717) is 11.4 Å². The molecule has 1 aromatic heterocycles. The van der Waals surface area contributed by atoms with Gasteiger partial charge in [0.15, 0.2) is 12.2 Å². The number of aromatic nitrogens is 2. The number of nitrogens with zero attached hydrogens (tertiary/aromatic N) is 3. The molecule has 0 saturated heterocycles. The SMILES string of the molecule is COc1ccccc1-c1cc[n+](CC(=O)c2ccccc2[N+](=O)[O-])cn1.[Br-]. The largest absolute Gasteiger partial charge is 1.00 e. The predicted octanol–water partition coefficient (Wildman–Crippen LogP) is -0.160. The van der Waals surface area contributed by atoms with Crippen molar-refractivity contribution < 1.29 is 36.0 Å². The fourth-order valence-electron chi connectivity index (χ4n) is 2.61. The number of hydrogen-bond acceptors (Lipinski definition) is 5. The van der Waals surface area contributed by atoms with E-state index in [4.69, 9.17) is 4.74 Å². The van der Waals surface area contributed by atoms with Crippen molar-refractivity contribution in [2.24, 2.45) is 0 Å². The van der Waals surface area contributed by atoms with Crippen LogP contribution >= 0.6 is 0 Å². The molecule has 0 spiro atoms. The number of ether oxygens (including phenoxy) is 1. The highest BCUT2D eigenvalue weighted by atomic mass is 79.9. The first kappa shape index (κ1) is 20.2. The number of carbonyl (C=O) groups excluding carboxylic acids is 1. The van der Waals surface area contributed by atoms with E-state index in [1.54, 1.807) is 30.0 Å². The third kappa shape index (κ3) is 4.53. The Bertz CT molecular complexity index is 961. The molecular weight excluding hydrogens is 414 g/mol. The van der Waals surface area contributed by atoms with Gasteiger partial charge in [-0.1, -0.05) is 24.3 Å². The number of carbonyl (C=O) groups is 1. The number of nitro groups is 1. The molecule has 0 radical (unpaired) electrons. The molecule has 0 atom stereocenters. The molecule has 3 rings (SSSR count). The zero-order chi connectivity index (χ0) is 18.5. The molecule has 0 aliphatic heterocycles. The number of benzene rings is 2. The van der Waals surface area contributed by atoms with Gasteiger partial charge < -0.3 is 21.7 Å². The number of para-hydroxylation sites is 2. The molecule has 7 nitrogen and oxygen atoms in total. The number of halogens is 1. The second kappa shape index (κ2) is 9.00. The molecule has 0 aliphatic rings. The first-order valence-electron chi connectivity index (χ1n) is 7.85. The van der Waals surface area contributed by atoms with Crippen LogP contribution in [0.2, 0.25) is 0 Å². The lowest BCUT2D eigenvalue weighted by Crippen LogP contribution is -3.00. The third-order valence-corrected chi connectivity index (χ3v) is 3.88. The van der Waals surface area contributed by atoms with Crippen molar-refractivity contribution >= 4 is 11.5 Å². The molecule has 0 N–H and O–H groups in total. The fourth-order valence-corrected chi connectivity index (χ4v) is 2.61. The molecule has 0 amide bonds. The number of ketones is 1. The van der Waals surface area contributed by atoms with Gasteiger partial charge in [0, 0.05) is 12.1 Å². The zero-order valence-corrected chi connectivity index (χ0v) is 16.0. The topological polar surface area (TPSA) is 86.2 Å². The third-order valence-electron chi connectivity index (χ3n) is 3.88. The average molecular weight is 430 g/mol. The van der Waals surface area contributed by atoms with E-state index >= 15 is 0 Å². The minimum absolute atomic E-state index is 0. The summed E-state index contributed by atoms with van der Waals surface area (Å²) in [6, 6.07) is 15.2. The highest BCUT2D eigenvalue weighted by molar-refractivity contribution is 5.98. The van der Waals surface area contributed by atoms with Gasteiger partial charge in [-0.25, -0.2) is 4.57 Å². The van der Waals surface area contributed by atoms with Gasteiger partial charge in [-0.2, -0.15) is 0 Å². The Balaban J connectivity index is 0.00000261. The number of rotatable bonds is 6. The van der Waals surface area contributed by atoms with Crippen molar-refractivity contribution in [3.05, 3.63) is 82.8 Å². The molecule has 2 aromatic carbocycles. The molecule has 0 unspecified atom stereocenters. The Kier molecular flexibility index (Phi) is 6.73. The monoisotopic (exact) mass is 429 g/mol. The molecule has 3 aromatic rings. The molecule has 138 valence electrons. The predicted molar refractivity (Wildman–Crippen MR) is 93.8 cm³/mol. The van der Waals surface area contributed by atoms with E-state index in [1.165, 1.54) is 24.5 Å². The summed E-state index contributed by atoms with van der Waals surface area (Å²) < 4.78 is 6.90. The van der Waals surface area contributed by atoms with E-state index in [1.807, 2.05) is 24.3 Å². The van der Waals surface area contributed by atoms with Gasteiger partial charge in [-0.15, -0.1) is 0 Å². The van der Waals surface area contributed by atoms with Crippen molar-refractivity contribution in [1.82, 2.24) is 4.98 Å². The van der Waals surface area contributed by atoms with Crippen LogP contribution in [0.3, 0.4) is 0 Å². The van der Waals surface area contributed by atoms with Crippen molar-refractivity contribution in [2.75, 3.05) is 7.11 Å². The molecule has 0 saturated carbocycles. The molecule has 0 aliphatic carbocycles. The maximum Gasteiger partial charge on any atom is 0.287 e. The van der Waals surface area contributed by atoms with Crippen LogP contribution in [-0.4, -0.2) is 22.8 Å². The summed E-state index contributed by atoms with van der Waals surface area (Å²) in [7, 11) is 1.59. The summed E-state index contributed by atoms with van der Waals surface area (Å²) in [5.41, 5.74) is 1.43. The van der Waals surface area contributed by atoms with E-state index in [2.05, 4.69) is 4.98 Å². The quantitative estimate of drug-likeness (QED) is 0.235. The van der Waals surface area contributed by atoms with Crippen molar-refractivity contribution in [2.45, 2.75) is 6.54 Å². The minimum Gasteiger partial charge on any atom is -1.00 e. The molecule has 0 fully saturated rings. The Morgan fingerprint density at radius 3 is 2.52 bits per heavy atom. The second-order valence-corrected chi connectivity index (χ2v) is 5.52. The van der Waals surface area contributed by atoms with Gasteiger partial charge in [0.05, 0.1) is 29.4 Å². The fraction of sp³-hybridized carbons (Fsp3) is 0.105. The number of nitro benzene ring substituents is 1. The number of Topliss-reactive ketones (excluding diaryl/α,β-unsaturated/α-hetero) is 1. The Morgan fingerprint density at radius 2 is 1.85 bits per heavy atom. The Labute approximate surface area is 166 Å². The minimum atomic E-state index is -0.555. The van der Waals surface area contributed by atoms with Crippen LogP contribution in [0.1, 0.15) is 10.4 Å². The summed E-state index contributed by atoms with van der Waals surface area (Å²) in [4.78, 5) is 27.3. The van der Waals surface area contributed by atoms with Crippen LogP contribution in [0.25, 0.3) is 11.3 Å². The zero-order valence-electron chi connectivity index (χ0n) is 14.4. The van der Waals surface area contributed by atoms with Gasteiger partial charge in [-0.05, 0) is 23.2 Å².